The molecule has 0 amide bonds. The van der Waals surface area contributed by atoms with Gasteiger partial charge in [0.2, 0.25) is 0 Å². The molecule has 4 heteroatoms. The minimum atomic E-state index is -1.03. The van der Waals surface area contributed by atoms with Crippen LogP contribution in [-0.2, 0) is 5.60 Å². The molecule has 4 nitrogen and oxygen atoms in total. The Balaban J connectivity index is 1.93. The van der Waals surface area contributed by atoms with E-state index in [9.17, 15) is 5.11 Å². The van der Waals surface area contributed by atoms with Gasteiger partial charge in [-0.1, -0.05) is 56.9 Å². The smallest absolute Gasteiger partial charge is 0.119 e. The number of aliphatic hydroxyl groups is 1. The van der Waals surface area contributed by atoms with Crippen LogP contribution in [0.25, 0.3) is 0 Å². The van der Waals surface area contributed by atoms with E-state index in [2.05, 4.69) is 11.8 Å². The van der Waals surface area contributed by atoms with Crippen molar-refractivity contribution in [1.29, 1.82) is 0 Å². The molecule has 2 atom stereocenters. The van der Waals surface area contributed by atoms with Crippen LogP contribution in [0.3, 0.4) is 0 Å². The van der Waals surface area contributed by atoms with E-state index in [1.165, 1.54) is 25.7 Å². The molecule has 1 aliphatic rings. The summed E-state index contributed by atoms with van der Waals surface area (Å²) in [5.41, 5.74) is 0.841. The number of hydrogen-bond acceptors (Lipinski definition) is 4. The predicted molar refractivity (Wildman–Crippen MR) is 122 cm³/mol. The Morgan fingerprint density at radius 1 is 0.967 bits per heavy atom. The average molecular weight is 412 g/mol. The van der Waals surface area contributed by atoms with Crippen LogP contribution in [0.15, 0.2) is 48.5 Å². The molecule has 0 aromatic heterocycles. The van der Waals surface area contributed by atoms with Gasteiger partial charge in [0.05, 0.1) is 7.11 Å². The molecule has 1 aliphatic carbocycles. The van der Waals surface area contributed by atoms with Crippen LogP contribution >= 0.6 is 0 Å². The molecule has 2 aromatic carbocycles. The van der Waals surface area contributed by atoms with Crippen molar-refractivity contribution in [2.45, 2.75) is 44.6 Å². The topological polar surface area (TPSA) is 41.9 Å². The van der Waals surface area contributed by atoms with Crippen molar-refractivity contribution in [2.24, 2.45) is 11.8 Å². The van der Waals surface area contributed by atoms with Crippen LogP contribution in [0.4, 0.5) is 0 Å². The first kappa shape index (κ1) is 22.6. The lowest BCUT2D eigenvalue weighted by molar-refractivity contribution is -0.0131. The second-order valence-electron chi connectivity index (χ2n) is 8.73. The van der Waals surface area contributed by atoms with E-state index in [0.717, 1.165) is 35.6 Å². The molecule has 0 heterocycles. The Hall–Kier alpha value is -2.04. The average Bonchev–Trinajstić information content (AvgIpc) is 3.28. The molecular weight excluding hydrogens is 374 g/mol. The van der Waals surface area contributed by atoms with Crippen LogP contribution < -0.4 is 9.47 Å². The van der Waals surface area contributed by atoms with Gasteiger partial charge in [0.1, 0.15) is 23.7 Å². The summed E-state index contributed by atoms with van der Waals surface area (Å²) >= 11 is 0. The van der Waals surface area contributed by atoms with Gasteiger partial charge in [-0.05, 0) is 67.7 Å². The van der Waals surface area contributed by atoms with E-state index >= 15 is 0 Å². The van der Waals surface area contributed by atoms with Gasteiger partial charge in [0.25, 0.3) is 0 Å². The molecule has 2 aromatic rings. The van der Waals surface area contributed by atoms with Gasteiger partial charge >= 0.3 is 0 Å². The van der Waals surface area contributed by atoms with Crippen LogP contribution in [0.2, 0.25) is 0 Å². The number of likely N-dealkylation sites (N-methyl/N-ethyl adjacent to an activating group) is 1. The van der Waals surface area contributed by atoms with Gasteiger partial charge in [-0.3, -0.25) is 0 Å². The van der Waals surface area contributed by atoms with Crippen molar-refractivity contribution in [3.05, 3.63) is 59.7 Å². The van der Waals surface area contributed by atoms with Gasteiger partial charge < -0.3 is 19.5 Å². The van der Waals surface area contributed by atoms with E-state index in [0.29, 0.717) is 12.5 Å². The quantitative estimate of drug-likeness (QED) is 0.591. The fourth-order valence-corrected chi connectivity index (χ4v) is 4.92. The molecule has 0 bridgehead atoms. The number of nitrogens with zero attached hydrogens (tertiary/aromatic N) is 1. The van der Waals surface area contributed by atoms with E-state index < -0.39 is 5.60 Å². The summed E-state index contributed by atoms with van der Waals surface area (Å²) in [6.45, 7) is 3.72. The van der Waals surface area contributed by atoms with Gasteiger partial charge in [-0.15, -0.1) is 0 Å². The molecule has 1 fully saturated rings. The van der Waals surface area contributed by atoms with Crippen LogP contribution in [0.1, 0.15) is 50.2 Å². The van der Waals surface area contributed by atoms with E-state index in [4.69, 9.17) is 9.47 Å². The fraction of sp³-hybridized carbons (Fsp3) is 0.538. The molecule has 30 heavy (non-hydrogen) atoms. The van der Waals surface area contributed by atoms with Crippen molar-refractivity contribution >= 4 is 0 Å². The summed E-state index contributed by atoms with van der Waals surface area (Å²) in [5.74, 6) is 2.36. The Bertz CT molecular complexity index is 766. The van der Waals surface area contributed by atoms with E-state index in [-0.39, 0.29) is 5.92 Å². The van der Waals surface area contributed by atoms with E-state index in [1.54, 1.807) is 7.11 Å². The highest BCUT2D eigenvalue weighted by Gasteiger charge is 2.43. The largest absolute Gasteiger partial charge is 0.497 e. The minimum absolute atomic E-state index is 0.175. The van der Waals surface area contributed by atoms with Crippen LogP contribution in [-0.4, -0.2) is 44.4 Å². The standard InChI is InChI=1S/C26H37NO3/c1-5-25(20-8-6-7-9-20)26(28,21-10-14-23(29-4)15-11-21)22-12-16-24(17-13-22)30-19-18-27(2)3/h10-17,20,25,28H,5-9,18-19H2,1-4H3. The lowest BCUT2D eigenvalue weighted by Crippen LogP contribution is -2.39. The van der Waals surface area contributed by atoms with Crippen LogP contribution in [0.5, 0.6) is 11.5 Å². The summed E-state index contributed by atoms with van der Waals surface area (Å²) in [6.07, 6.45) is 5.86. The number of methoxy groups -OCH3 is 1. The van der Waals surface area contributed by atoms with Crippen molar-refractivity contribution < 1.29 is 14.6 Å². The summed E-state index contributed by atoms with van der Waals surface area (Å²) in [4.78, 5) is 2.10. The zero-order valence-electron chi connectivity index (χ0n) is 18.9. The Morgan fingerprint density at radius 3 is 1.97 bits per heavy atom. The molecule has 1 N–H and O–H groups in total. The Labute approximate surface area is 181 Å². The molecule has 164 valence electrons. The number of rotatable bonds is 10. The Kier molecular flexibility index (Phi) is 7.79. The molecule has 1 saturated carbocycles. The van der Waals surface area contributed by atoms with Gasteiger partial charge in [-0.2, -0.15) is 0 Å². The molecule has 0 spiro atoms. The molecular formula is C26H37NO3. The normalized spacial score (nSPS) is 17.7. The lowest BCUT2D eigenvalue weighted by Gasteiger charge is -2.40. The fourth-order valence-electron chi connectivity index (χ4n) is 4.92. The minimum Gasteiger partial charge on any atom is -0.497 e. The second-order valence-corrected chi connectivity index (χ2v) is 8.73. The van der Waals surface area contributed by atoms with Crippen LogP contribution in [0, 0.1) is 11.8 Å². The summed E-state index contributed by atoms with van der Waals surface area (Å²) in [6, 6.07) is 16.0. The third-order valence-corrected chi connectivity index (χ3v) is 6.58. The highest BCUT2D eigenvalue weighted by atomic mass is 16.5. The highest BCUT2D eigenvalue weighted by Crippen LogP contribution is 2.47. The maximum atomic E-state index is 12.3. The molecule has 0 saturated heterocycles. The SMILES string of the molecule is CCC(C1CCCC1)C(O)(c1ccc(OC)cc1)c1ccc(OCCN(C)C)cc1. The zero-order valence-corrected chi connectivity index (χ0v) is 18.9. The second kappa shape index (κ2) is 10.3. The molecule has 0 radical (unpaired) electrons. The number of ether oxygens (including phenoxy) is 2. The summed E-state index contributed by atoms with van der Waals surface area (Å²) in [5, 5.41) is 12.3. The van der Waals surface area contributed by atoms with Crippen molar-refractivity contribution in [3.63, 3.8) is 0 Å². The first-order valence-corrected chi connectivity index (χ1v) is 11.2. The van der Waals surface area contributed by atoms with Gasteiger partial charge in [-0.25, -0.2) is 0 Å². The summed E-state index contributed by atoms with van der Waals surface area (Å²) < 4.78 is 11.2. The van der Waals surface area contributed by atoms with E-state index in [1.807, 2.05) is 62.6 Å². The number of hydrogen-bond donors (Lipinski definition) is 1. The third-order valence-electron chi connectivity index (χ3n) is 6.58. The highest BCUT2D eigenvalue weighted by molar-refractivity contribution is 5.42. The molecule has 3 rings (SSSR count). The zero-order chi connectivity index (χ0) is 21.6. The number of benzene rings is 2. The predicted octanol–water partition coefficient (Wildman–Crippen LogP) is 5.09. The van der Waals surface area contributed by atoms with Crippen molar-refractivity contribution in [2.75, 3.05) is 34.4 Å². The van der Waals surface area contributed by atoms with Crippen molar-refractivity contribution in [1.82, 2.24) is 4.90 Å². The third kappa shape index (κ3) is 4.98. The summed E-state index contributed by atoms with van der Waals surface area (Å²) in [7, 11) is 5.74. The van der Waals surface area contributed by atoms with Gasteiger partial charge in [0, 0.05) is 6.54 Å². The van der Waals surface area contributed by atoms with Gasteiger partial charge in [0.15, 0.2) is 0 Å². The molecule has 2 unspecified atom stereocenters. The first-order chi connectivity index (χ1) is 14.5. The van der Waals surface area contributed by atoms with Crippen molar-refractivity contribution in [3.8, 4) is 11.5 Å². The lowest BCUT2D eigenvalue weighted by atomic mass is 9.69. The Morgan fingerprint density at radius 2 is 1.50 bits per heavy atom. The maximum Gasteiger partial charge on any atom is 0.119 e. The molecule has 0 aliphatic heterocycles. The monoisotopic (exact) mass is 411 g/mol. The maximum absolute atomic E-state index is 12.3. The first-order valence-electron chi connectivity index (χ1n) is 11.2.